The predicted octanol–water partition coefficient (Wildman–Crippen LogP) is 2.73. The summed E-state index contributed by atoms with van der Waals surface area (Å²) in [6, 6.07) is 9.24. The quantitative estimate of drug-likeness (QED) is 0.700. The molecule has 2 aromatic carbocycles. The Labute approximate surface area is 178 Å². The molecule has 1 aliphatic heterocycles. The highest BCUT2D eigenvalue weighted by atomic mass is 19.4. The van der Waals surface area contributed by atoms with Crippen LogP contribution in [0.4, 0.5) is 18.9 Å². The number of rotatable bonds is 7. The number of nitrogens with two attached hydrogens (primary N) is 1. The van der Waals surface area contributed by atoms with Crippen molar-refractivity contribution in [2.24, 2.45) is 5.73 Å². The summed E-state index contributed by atoms with van der Waals surface area (Å²) in [5.41, 5.74) is 0.352. The van der Waals surface area contributed by atoms with Gasteiger partial charge in [0.05, 0.1) is 11.3 Å². The molecule has 2 amide bonds. The Morgan fingerprint density at radius 2 is 1.77 bits per heavy atom. The molecule has 0 fully saturated rings. The van der Waals surface area contributed by atoms with Gasteiger partial charge in [-0.25, -0.2) is 0 Å². The van der Waals surface area contributed by atoms with Crippen molar-refractivity contribution in [1.29, 1.82) is 0 Å². The Bertz CT molecular complexity index is 991. The summed E-state index contributed by atoms with van der Waals surface area (Å²) in [4.78, 5) is 28.3. The van der Waals surface area contributed by atoms with Crippen molar-refractivity contribution in [2.75, 3.05) is 31.1 Å². The molecule has 1 atom stereocenters. The topological polar surface area (TPSA) is 86.9 Å². The Morgan fingerprint density at radius 3 is 2.29 bits per heavy atom. The molecule has 3 N–H and O–H groups in total. The van der Waals surface area contributed by atoms with Gasteiger partial charge in [-0.3, -0.25) is 9.59 Å². The maximum Gasteiger partial charge on any atom is 0.416 e. The Morgan fingerprint density at radius 1 is 1.16 bits per heavy atom. The number of hydrogen-bond donors (Lipinski definition) is 2. The van der Waals surface area contributed by atoms with Gasteiger partial charge >= 0.3 is 6.18 Å². The first-order valence-corrected chi connectivity index (χ1v) is 9.93. The fraction of sp³-hybridized carbons (Fsp3) is 0.364. The first-order valence-electron chi connectivity index (χ1n) is 9.93. The maximum absolute atomic E-state index is 14.0. The third-order valence-electron chi connectivity index (χ3n) is 5.64. The van der Waals surface area contributed by atoms with Crippen molar-refractivity contribution in [2.45, 2.75) is 25.6 Å². The Hall–Kier alpha value is -2.91. The second kappa shape index (κ2) is 8.32. The second-order valence-corrected chi connectivity index (χ2v) is 7.34. The molecular weight excluding hydrogens is 411 g/mol. The van der Waals surface area contributed by atoms with Crippen LogP contribution in [0.3, 0.4) is 0 Å². The van der Waals surface area contributed by atoms with Gasteiger partial charge in [0.2, 0.25) is 5.91 Å². The van der Waals surface area contributed by atoms with E-state index in [-0.39, 0.29) is 23.4 Å². The van der Waals surface area contributed by atoms with Crippen molar-refractivity contribution in [1.82, 2.24) is 4.90 Å². The summed E-state index contributed by atoms with van der Waals surface area (Å²) < 4.78 is 42.1. The van der Waals surface area contributed by atoms with Crippen molar-refractivity contribution in [3.8, 4) is 0 Å². The molecule has 6 nitrogen and oxygen atoms in total. The number of halogens is 3. The van der Waals surface area contributed by atoms with Gasteiger partial charge < -0.3 is 20.6 Å². The van der Waals surface area contributed by atoms with Crippen LogP contribution in [0.15, 0.2) is 42.5 Å². The molecule has 0 radical (unpaired) electrons. The Kier molecular flexibility index (Phi) is 6.11. The number of aliphatic hydroxyl groups is 1. The molecule has 0 saturated heterocycles. The van der Waals surface area contributed by atoms with Gasteiger partial charge in [-0.15, -0.1) is 0 Å². The van der Waals surface area contributed by atoms with E-state index in [0.29, 0.717) is 25.7 Å². The van der Waals surface area contributed by atoms with E-state index in [1.807, 2.05) is 18.7 Å². The highest BCUT2D eigenvalue weighted by molar-refractivity contribution is 6.11. The number of primary amides is 1. The minimum Gasteiger partial charge on any atom is -0.372 e. The van der Waals surface area contributed by atoms with Gasteiger partial charge in [-0.1, -0.05) is 44.2 Å². The van der Waals surface area contributed by atoms with E-state index in [1.165, 1.54) is 24.3 Å². The van der Waals surface area contributed by atoms with Gasteiger partial charge in [-0.05, 0) is 30.8 Å². The first-order chi connectivity index (χ1) is 14.6. The van der Waals surface area contributed by atoms with Gasteiger partial charge in [0.25, 0.3) is 5.91 Å². The zero-order valence-corrected chi connectivity index (χ0v) is 17.2. The number of alkyl halides is 3. The molecule has 0 aliphatic carbocycles. The predicted molar refractivity (Wildman–Crippen MR) is 110 cm³/mol. The fourth-order valence-corrected chi connectivity index (χ4v) is 3.95. The third-order valence-corrected chi connectivity index (χ3v) is 5.64. The number of fused-ring (bicyclic) bond motifs is 1. The monoisotopic (exact) mass is 435 g/mol. The average Bonchev–Trinajstić information content (AvgIpc) is 2.96. The number of nitrogens with zero attached hydrogens (tertiary/aromatic N) is 2. The number of carbonyl (C=O) groups is 2. The molecule has 0 bridgehead atoms. The first kappa shape index (κ1) is 22.8. The molecule has 1 unspecified atom stereocenters. The minimum atomic E-state index is -4.92. The molecule has 2 aromatic rings. The molecular formula is C22H24F3N3O3. The lowest BCUT2D eigenvalue weighted by Crippen LogP contribution is -2.44. The van der Waals surface area contributed by atoms with Crippen LogP contribution in [0.5, 0.6) is 0 Å². The van der Waals surface area contributed by atoms with Crippen LogP contribution in [-0.4, -0.2) is 48.0 Å². The average molecular weight is 435 g/mol. The van der Waals surface area contributed by atoms with Gasteiger partial charge in [0.15, 0.2) is 5.60 Å². The SMILES string of the molecule is CCN(CC)CCN1C(=O)C(O)(c2ccccc2)c2c1cc(C(N)=O)cc2C(F)(F)F. The molecule has 0 saturated carbocycles. The number of hydrogen-bond acceptors (Lipinski definition) is 4. The molecule has 9 heteroatoms. The van der Waals surface area contributed by atoms with E-state index < -0.39 is 34.7 Å². The standard InChI is InChI=1S/C22H24F3N3O3/c1-3-27(4-2)10-11-28-17-13-14(19(26)29)12-16(22(23,24)25)18(17)21(31,20(28)30)15-8-6-5-7-9-15/h5-9,12-13,31H,3-4,10-11H2,1-2H3,(H2,26,29). The van der Waals surface area contributed by atoms with Crippen LogP contribution in [0.2, 0.25) is 0 Å². The summed E-state index contributed by atoms with van der Waals surface area (Å²) >= 11 is 0. The van der Waals surface area contributed by atoms with Crippen LogP contribution in [0.1, 0.15) is 40.9 Å². The maximum atomic E-state index is 14.0. The minimum absolute atomic E-state index is 0.0175. The number of carbonyl (C=O) groups excluding carboxylic acids is 2. The number of benzene rings is 2. The normalized spacial score (nSPS) is 18.5. The number of likely N-dealkylation sites (N-methyl/N-ethyl adjacent to an activating group) is 1. The smallest absolute Gasteiger partial charge is 0.372 e. The van der Waals surface area contributed by atoms with Gasteiger partial charge in [0, 0.05) is 24.2 Å². The van der Waals surface area contributed by atoms with Crippen molar-refractivity contribution in [3.63, 3.8) is 0 Å². The largest absolute Gasteiger partial charge is 0.416 e. The van der Waals surface area contributed by atoms with E-state index >= 15 is 0 Å². The lowest BCUT2D eigenvalue weighted by atomic mass is 9.84. The van der Waals surface area contributed by atoms with E-state index in [1.54, 1.807) is 6.07 Å². The zero-order chi connectivity index (χ0) is 23.0. The third kappa shape index (κ3) is 3.90. The summed E-state index contributed by atoms with van der Waals surface area (Å²) in [5.74, 6) is -1.95. The molecule has 1 aliphatic rings. The fourth-order valence-electron chi connectivity index (χ4n) is 3.95. The summed E-state index contributed by atoms with van der Waals surface area (Å²) in [6.07, 6.45) is -4.92. The lowest BCUT2D eigenvalue weighted by Gasteiger charge is -2.26. The lowest BCUT2D eigenvalue weighted by molar-refractivity contribution is -0.142. The van der Waals surface area contributed by atoms with Gasteiger partial charge in [0.1, 0.15) is 0 Å². The summed E-state index contributed by atoms with van der Waals surface area (Å²) in [7, 11) is 0. The van der Waals surface area contributed by atoms with Crippen LogP contribution in [-0.2, 0) is 16.6 Å². The zero-order valence-electron chi connectivity index (χ0n) is 17.2. The molecule has 166 valence electrons. The van der Waals surface area contributed by atoms with E-state index in [9.17, 15) is 27.9 Å². The summed E-state index contributed by atoms with van der Waals surface area (Å²) in [6.45, 7) is 5.65. The van der Waals surface area contributed by atoms with Crippen LogP contribution >= 0.6 is 0 Å². The van der Waals surface area contributed by atoms with Crippen LogP contribution in [0.25, 0.3) is 0 Å². The molecule has 31 heavy (non-hydrogen) atoms. The molecule has 0 spiro atoms. The van der Waals surface area contributed by atoms with Crippen molar-refractivity contribution < 1.29 is 27.9 Å². The Balaban J connectivity index is 2.28. The van der Waals surface area contributed by atoms with Crippen LogP contribution in [0, 0.1) is 0 Å². The van der Waals surface area contributed by atoms with Gasteiger partial charge in [-0.2, -0.15) is 13.2 Å². The highest BCUT2D eigenvalue weighted by Crippen LogP contribution is 2.50. The van der Waals surface area contributed by atoms with E-state index in [4.69, 9.17) is 5.73 Å². The number of anilines is 1. The summed E-state index contributed by atoms with van der Waals surface area (Å²) in [5, 5.41) is 11.5. The molecule has 3 rings (SSSR count). The molecule has 0 aromatic heterocycles. The van der Waals surface area contributed by atoms with Crippen LogP contribution < -0.4 is 10.6 Å². The van der Waals surface area contributed by atoms with E-state index in [0.717, 1.165) is 11.0 Å². The number of amides is 2. The molecule has 1 heterocycles. The van der Waals surface area contributed by atoms with Crippen molar-refractivity contribution in [3.05, 3.63) is 64.7 Å². The second-order valence-electron chi connectivity index (χ2n) is 7.34. The van der Waals surface area contributed by atoms with Crippen molar-refractivity contribution >= 4 is 17.5 Å². The highest BCUT2D eigenvalue weighted by Gasteiger charge is 2.55. The van der Waals surface area contributed by atoms with E-state index in [2.05, 4.69) is 0 Å².